The number of carbonyl (C=O) groups excluding carboxylic acids is 3. The number of hydrogen-bond acceptors (Lipinski definition) is 7. The number of anilines is 1. The number of amides is 4. The highest BCUT2D eigenvalue weighted by molar-refractivity contribution is 5.91. The summed E-state index contributed by atoms with van der Waals surface area (Å²) in [6, 6.07) is 14.3. The summed E-state index contributed by atoms with van der Waals surface area (Å²) in [5.41, 5.74) is 3.84. The number of ether oxygens (including phenoxy) is 1. The number of H-pyrrole nitrogens is 1. The molecule has 1 atom stereocenters. The summed E-state index contributed by atoms with van der Waals surface area (Å²) in [6.45, 7) is 6.74. The summed E-state index contributed by atoms with van der Waals surface area (Å²) in [4.78, 5) is 51.1. The quantitative estimate of drug-likeness (QED) is 0.424. The van der Waals surface area contributed by atoms with Gasteiger partial charge in [0.25, 0.3) is 5.91 Å². The molecule has 47 heavy (non-hydrogen) atoms. The first-order chi connectivity index (χ1) is 22.9. The van der Waals surface area contributed by atoms with Crippen LogP contribution in [0, 0.1) is 0 Å². The van der Waals surface area contributed by atoms with Gasteiger partial charge in [-0.2, -0.15) is 5.10 Å². The Morgan fingerprint density at radius 1 is 0.894 bits per heavy atom. The number of fused-ring (bicyclic) bond motifs is 2. The van der Waals surface area contributed by atoms with E-state index in [2.05, 4.69) is 38.4 Å². The van der Waals surface area contributed by atoms with E-state index in [9.17, 15) is 14.4 Å². The van der Waals surface area contributed by atoms with Crippen molar-refractivity contribution < 1.29 is 19.1 Å². The Labute approximate surface area is 276 Å². The number of nitrogens with zero attached hydrogens (tertiary/aromatic N) is 6. The van der Waals surface area contributed by atoms with Crippen molar-refractivity contribution in [2.24, 2.45) is 0 Å². The van der Waals surface area contributed by atoms with Crippen LogP contribution < -0.4 is 5.32 Å². The number of carbonyl (C=O) groups is 3. The molecule has 2 aromatic carbocycles. The number of likely N-dealkylation sites (tertiary alicyclic amines) is 2. The number of hydrogen-bond donors (Lipinski definition) is 2. The zero-order chi connectivity index (χ0) is 32.3. The van der Waals surface area contributed by atoms with Gasteiger partial charge in [0.1, 0.15) is 0 Å². The Balaban J connectivity index is 0.981. The first-order valence-electron chi connectivity index (χ1n) is 17.2. The van der Waals surface area contributed by atoms with E-state index in [-0.39, 0.29) is 18.0 Å². The van der Waals surface area contributed by atoms with Crippen molar-refractivity contribution in [2.45, 2.75) is 56.7 Å². The smallest absolute Gasteiger partial charge is 0.410 e. The lowest BCUT2D eigenvalue weighted by Crippen LogP contribution is -2.56. The van der Waals surface area contributed by atoms with Crippen LogP contribution in [0.4, 0.5) is 15.3 Å². The van der Waals surface area contributed by atoms with Crippen LogP contribution in [-0.4, -0.2) is 137 Å². The van der Waals surface area contributed by atoms with Gasteiger partial charge in [-0.1, -0.05) is 24.3 Å². The molecule has 12 nitrogen and oxygen atoms in total. The van der Waals surface area contributed by atoms with Crippen molar-refractivity contribution >= 4 is 34.6 Å². The molecular weight excluding hydrogens is 596 g/mol. The van der Waals surface area contributed by atoms with E-state index in [4.69, 9.17) is 4.74 Å². The predicted octanol–water partition coefficient (Wildman–Crippen LogP) is 3.40. The minimum atomic E-state index is -0.922. The number of piperazine rings is 1. The van der Waals surface area contributed by atoms with Gasteiger partial charge in [-0.05, 0) is 81.6 Å². The number of benzene rings is 2. The Morgan fingerprint density at radius 3 is 2.43 bits per heavy atom. The second-order valence-corrected chi connectivity index (χ2v) is 13.5. The Bertz CT molecular complexity index is 1570. The summed E-state index contributed by atoms with van der Waals surface area (Å²) in [6.07, 6.45) is 5.10. The van der Waals surface area contributed by atoms with Crippen molar-refractivity contribution in [1.82, 2.24) is 34.7 Å². The van der Waals surface area contributed by atoms with Crippen molar-refractivity contribution in [1.29, 1.82) is 0 Å². The Kier molecular flexibility index (Phi) is 9.30. The molecule has 4 amide bonds. The average molecular weight is 643 g/mol. The van der Waals surface area contributed by atoms with Crippen molar-refractivity contribution in [2.75, 3.05) is 71.3 Å². The third-order valence-electron chi connectivity index (χ3n) is 10.6. The van der Waals surface area contributed by atoms with Gasteiger partial charge >= 0.3 is 12.1 Å². The number of nitrogens with one attached hydrogen (secondary N) is 2. The van der Waals surface area contributed by atoms with Gasteiger partial charge in [0.05, 0.1) is 11.7 Å². The van der Waals surface area contributed by atoms with Crippen LogP contribution in [-0.2, 0) is 22.4 Å². The first kappa shape index (κ1) is 31.4. The maximum absolute atomic E-state index is 14.0. The van der Waals surface area contributed by atoms with Crippen LogP contribution in [0.2, 0.25) is 0 Å². The minimum Gasteiger partial charge on any atom is -0.436 e. The molecule has 5 heterocycles. The molecule has 250 valence electrons. The van der Waals surface area contributed by atoms with E-state index >= 15 is 0 Å². The topological polar surface area (TPSA) is 117 Å². The molecule has 3 saturated heterocycles. The van der Waals surface area contributed by atoms with Crippen LogP contribution in [0.3, 0.4) is 0 Å². The third-order valence-corrected chi connectivity index (χ3v) is 10.6. The molecule has 0 unspecified atom stereocenters. The van der Waals surface area contributed by atoms with E-state index in [1.165, 1.54) is 0 Å². The molecule has 4 aliphatic rings. The van der Waals surface area contributed by atoms with Gasteiger partial charge in [-0.25, -0.2) is 9.59 Å². The predicted molar refractivity (Wildman–Crippen MR) is 179 cm³/mol. The van der Waals surface area contributed by atoms with Gasteiger partial charge in [0.2, 0.25) is 0 Å². The molecule has 0 saturated carbocycles. The van der Waals surface area contributed by atoms with Crippen LogP contribution in [0.5, 0.6) is 0 Å². The molecule has 12 heteroatoms. The van der Waals surface area contributed by atoms with E-state index in [1.54, 1.807) is 11.1 Å². The lowest BCUT2D eigenvalue weighted by molar-refractivity contribution is -0.143. The first-order valence-corrected chi connectivity index (χ1v) is 17.2. The van der Waals surface area contributed by atoms with Gasteiger partial charge in [-0.3, -0.25) is 14.8 Å². The van der Waals surface area contributed by atoms with Crippen molar-refractivity contribution in [3.8, 4) is 0 Å². The molecule has 3 fully saturated rings. The van der Waals surface area contributed by atoms with E-state index in [0.717, 1.165) is 73.2 Å². The molecule has 7 rings (SSSR count). The second-order valence-electron chi connectivity index (χ2n) is 13.5. The number of piperidine rings is 2. The van der Waals surface area contributed by atoms with Gasteiger partial charge in [0.15, 0.2) is 6.10 Å². The summed E-state index contributed by atoms with van der Waals surface area (Å²) in [5.74, 6) is -0.135. The van der Waals surface area contributed by atoms with E-state index < -0.39 is 12.2 Å². The summed E-state index contributed by atoms with van der Waals surface area (Å²) >= 11 is 0. The van der Waals surface area contributed by atoms with Gasteiger partial charge in [0, 0.05) is 75.4 Å². The number of urea groups is 1. The SMILES string of the molecule is CN1CCC(N2CCN(C(=O)[C@@H](Cc3ccc4[nH]ncc4c3)OC(=O)N3CCC(N4CCc5ccccc5NC4=O)CC3)CC2)CC1. The third kappa shape index (κ3) is 7.08. The normalized spacial score (nSPS) is 21.3. The monoisotopic (exact) mass is 642 g/mol. The molecule has 4 aliphatic heterocycles. The lowest BCUT2D eigenvalue weighted by Gasteiger charge is -2.42. The molecule has 2 N–H and O–H groups in total. The Morgan fingerprint density at radius 2 is 1.64 bits per heavy atom. The van der Waals surface area contributed by atoms with E-state index in [0.29, 0.717) is 58.0 Å². The largest absolute Gasteiger partial charge is 0.436 e. The number of para-hydroxylation sites is 1. The Hall–Kier alpha value is -4.16. The lowest BCUT2D eigenvalue weighted by atomic mass is 10.0. The fourth-order valence-electron chi connectivity index (χ4n) is 7.68. The maximum Gasteiger partial charge on any atom is 0.410 e. The fourth-order valence-corrected chi connectivity index (χ4v) is 7.68. The fraction of sp³-hybridized carbons (Fsp3) is 0.543. The molecule has 0 bridgehead atoms. The standard InChI is InChI=1S/C35H46N8O4/c1-39-13-9-28(10-14-39)40-18-20-41(21-19-40)33(44)32(23-25-6-7-31-27(22-25)24-36-38-31)47-35(46)42-15-11-29(12-16-42)43-17-8-26-4-2-3-5-30(26)37-34(43)45/h2-7,22,24,28-29,32H,8-21,23H2,1H3,(H,36,38)(H,37,45)/t32-/m1/s1. The molecule has 0 radical (unpaired) electrons. The van der Waals surface area contributed by atoms with Crippen LogP contribution >= 0.6 is 0 Å². The molecule has 1 aromatic heterocycles. The number of aromatic nitrogens is 2. The highest BCUT2D eigenvalue weighted by Crippen LogP contribution is 2.26. The van der Waals surface area contributed by atoms with E-state index in [1.807, 2.05) is 46.2 Å². The number of rotatable bonds is 6. The van der Waals surface area contributed by atoms with Crippen LogP contribution in [0.25, 0.3) is 10.9 Å². The highest BCUT2D eigenvalue weighted by atomic mass is 16.6. The zero-order valence-electron chi connectivity index (χ0n) is 27.3. The molecule has 0 spiro atoms. The zero-order valence-corrected chi connectivity index (χ0v) is 27.3. The van der Waals surface area contributed by atoms with Gasteiger partial charge in [-0.15, -0.1) is 0 Å². The molecular formula is C35H46N8O4. The molecule has 0 aliphatic carbocycles. The van der Waals surface area contributed by atoms with Gasteiger partial charge < -0.3 is 29.7 Å². The maximum atomic E-state index is 14.0. The minimum absolute atomic E-state index is 0.0355. The highest BCUT2D eigenvalue weighted by Gasteiger charge is 2.36. The van der Waals surface area contributed by atoms with Crippen molar-refractivity contribution in [3.05, 3.63) is 59.8 Å². The van der Waals surface area contributed by atoms with Crippen LogP contribution in [0.15, 0.2) is 48.7 Å². The van der Waals surface area contributed by atoms with Crippen molar-refractivity contribution in [3.63, 3.8) is 0 Å². The summed E-state index contributed by atoms with van der Waals surface area (Å²) in [7, 11) is 2.17. The molecule has 3 aromatic rings. The van der Waals surface area contributed by atoms with Crippen LogP contribution in [0.1, 0.15) is 36.8 Å². The summed E-state index contributed by atoms with van der Waals surface area (Å²) in [5, 5.41) is 11.1. The summed E-state index contributed by atoms with van der Waals surface area (Å²) < 4.78 is 6.08. The second kappa shape index (κ2) is 13.9. The number of aromatic amines is 1. The average Bonchev–Trinajstić information content (AvgIpc) is 3.50.